The first-order valence-corrected chi connectivity index (χ1v) is 9.82. The second kappa shape index (κ2) is 5.64. The monoisotopic (exact) mass is 369 g/mol. The van der Waals surface area contributed by atoms with Crippen LogP contribution >= 0.6 is 11.3 Å². The summed E-state index contributed by atoms with van der Waals surface area (Å²) in [5, 5.41) is 5.52. The molecule has 1 aliphatic heterocycles. The van der Waals surface area contributed by atoms with E-state index in [2.05, 4.69) is 14.9 Å². The van der Waals surface area contributed by atoms with Crippen molar-refractivity contribution >= 4 is 27.3 Å². The summed E-state index contributed by atoms with van der Waals surface area (Å²) in [7, 11) is -2.50. The number of hydrogen-bond acceptors (Lipinski definition) is 8. The van der Waals surface area contributed by atoms with Crippen LogP contribution in [0.4, 0.5) is 0 Å². The highest BCUT2D eigenvalue weighted by molar-refractivity contribution is 7.89. The molecule has 3 heterocycles. The topological polar surface area (TPSA) is 103 Å². The second-order valence-electron chi connectivity index (χ2n) is 5.89. The second-order valence-corrected chi connectivity index (χ2v) is 8.71. The Bertz CT molecular complexity index is 878. The Morgan fingerprint density at radius 2 is 2.12 bits per heavy atom. The summed E-state index contributed by atoms with van der Waals surface area (Å²) in [5.41, 5.74) is 0. The molecule has 2 aliphatic rings. The fourth-order valence-electron chi connectivity index (χ4n) is 2.59. The number of esters is 1. The maximum atomic E-state index is 12.7. The molecule has 10 heteroatoms. The van der Waals surface area contributed by atoms with E-state index >= 15 is 0 Å². The highest BCUT2D eigenvalue weighted by atomic mass is 32.2. The largest absolute Gasteiger partial charge is 0.465 e. The highest BCUT2D eigenvalue weighted by Crippen LogP contribution is 2.40. The molecule has 128 valence electrons. The Labute approximate surface area is 142 Å². The van der Waals surface area contributed by atoms with Crippen molar-refractivity contribution in [3.63, 3.8) is 0 Å². The van der Waals surface area contributed by atoms with Crippen molar-refractivity contribution in [1.29, 1.82) is 0 Å². The van der Waals surface area contributed by atoms with Gasteiger partial charge in [0.05, 0.1) is 13.0 Å². The summed E-state index contributed by atoms with van der Waals surface area (Å²) in [6, 6.07) is 1.43. The van der Waals surface area contributed by atoms with E-state index in [1.54, 1.807) is 5.38 Å². The molecule has 4 rings (SSSR count). The number of methoxy groups -OCH3 is 1. The molecule has 1 saturated heterocycles. The van der Waals surface area contributed by atoms with E-state index in [0.717, 1.165) is 30.0 Å². The zero-order valence-electron chi connectivity index (χ0n) is 12.8. The third-order valence-electron chi connectivity index (χ3n) is 4.21. The average Bonchev–Trinajstić information content (AvgIpc) is 3.05. The Morgan fingerprint density at radius 1 is 1.38 bits per heavy atom. The number of rotatable bonds is 5. The maximum Gasteiger partial charge on any atom is 0.349 e. The molecule has 0 spiro atoms. The van der Waals surface area contributed by atoms with Gasteiger partial charge in [0.1, 0.15) is 9.77 Å². The van der Waals surface area contributed by atoms with Gasteiger partial charge in [-0.2, -0.15) is 9.29 Å². The zero-order chi connectivity index (χ0) is 16.9. The first kappa shape index (κ1) is 15.7. The van der Waals surface area contributed by atoms with Crippen molar-refractivity contribution in [3.8, 4) is 0 Å². The van der Waals surface area contributed by atoms with E-state index in [9.17, 15) is 13.2 Å². The number of ether oxygens (including phenoxy) is 1. The van der Waals surface area contributed by atoms with Crippen LogP contribution in [0.25, 0.3) is 0 Å². The van der Waals surface area contributed by atoms with Gasteiger partial charge in [-0.1, -0.05) is 5.16 Å². The van der Waals surface area contributed by atoms with Gasteiger partial charge in [0.25, 0.3) is 0 Å². The molecule has 0 atom stereocenters. The number of sulfonamides is 1. The van der Waals surface area contributed by atoms with Crippen molar-refractivity contribution in [2.24, 2.45) is 0 Å². The molecular weight excluding hydrogens is 354 g/mol. The van der Waals surface area contributed by atoms with Gasteiger partial charge in [0.2, 0.25) is 15.9 Å². The normalized spacial score (nSPS) is 19.2. The summed E-state index contributed by atoms with van der Waals surface area (Å²) in [4.78, 5) is 16.1. The van der Waals surface area contributed by atoms with Crippen LogP contribution in [0.1, 0.15) is 46.1 Å². The Hall–Kier alpha value is -1.78. The quantitative estimate of drug-likeness (QED) is 0.737. The zero-order valence-corrected chi connectivity index (χ0v) is 14.5. The van der Waals surface area contributed by atoms with E-state index < -0.39 is 16.0 Å². The Kier molecular flexibility index (Phi) is 3.70. The number of nitrogens with zero attached hydrogens (tertiary/aromatic N) is 3. The fraction of sp³-hybridized carbons (Fsp3) is 0.500. The first-order valence-electron chi connectivity index (χ1n) is 7.50. The lowest BCUT2D eigenvalue weighted by molar-refractivity contribution is 0.0602. The number of aromatic nitrogens is 2. The van der Waals surface area contributed by atoms with Gasteiger partial charge < -0.3 is 9.26 Å². The lowest BCUT2D eigenvalue weighted by Crippen LogP contribution is -2.48. The SMILES string of the molecule is COC(=O)c1sccc1S(=O)(=O)N1CC(c2nc(C3CC3)no2)C1. The van der Waals surface area contributed by atoms with Crippen LogP contribution in [0.2, 0.25) is 0 Å². The lowest BCUT2D eigenvalue weighted by Gasteiger charge is -2.35. The molecule has 1 aliphatic carbocycles. The van der Waals surface area contributed by atoms with Gasteiger partial charge in [0, 0.05) is 19.0 Å². The number of carbonyl (C=O) groups excluding carboxylic acids is 1. The minimum absolute atomic E-state index is 0.0120. The fourth-order valence-corrected chi connectivity index (χ4v) is 5.43. The molecule has 8 nitrogen and oxygen atoms in total. The van der Waals surface area contributed by atoms with Crippen molar-refractivity contribution in [2.45, 2.75) is 29.6 Å². The van der Waals surface area contributed by atoms with Crippen molar-refractivity contribution in [2.75, 3.05) is 20.2 Å². The molecule has 2 fully saturated rings. The standard InChI is InChI=1S/C14H15N3O5S2/c1-21-14(18)11-10(4-5-23-11)24(19,20)17-6-9(7-17)13-15-12(16-22-13)8-2-3-8/h4-5,8-9H,2-3,6-7H2,1H3. The van der Waals surface area contributed by atoms with Gasteiger partial charge in [0.15, 0.2) is 5.82 Å². The first-order chi connectivity index (χ1) is 11.5. The molecule has 0 radical (unpaired) electrons. The minimum atomic E-state index is -3.73. The van der Waals surface area contributed by atoms with Crippen LogP contribution in [0.15, 0.2) is 20.9 Å². The average molecular weight is 369 g/mol. The van der Waals surface area contributed by atoms with Crippen molar-refractivity contribution in [3.05, 3.63) is 28.0 Å². The lowest BCUT2D eigenvalue weighted by atomic mass is 10.0. The molecule has 1 saturated carbocycles. The van der Waals surface area contributed by atoms with Crippen LogP contribution < -0.4 is 0 Å². The van der Waals surface area contributed by atoms with Gasteiger partial charge in [-0.15, -0.1) is 11.3 Å². The molecule has 0 bridgehead atoms. The molecular formula is C14H15N3O5S2. The van der Waals surface area contributed by atoms with Crippen molar-refractivity contribution < 1.29 is 22.5 Å². The van der Waals surface area contributed by atoms with Gasteiger partial charge >= 0.3 is 5.97 Å². The van der Waals surface area contributed by atoms with Crippen LogP contribution in [-0.4, -0.2) is 49.0 Å². The molecule has 0 N–H and O–H groups in total. The number of thiophene rings is 1. The highest BCUT2D eigenvalue weighted by Gasteiger charge is 2.42. The molecule has 2 aromatic heterocycles. The van der Waals surface area contributed by atoms with Crippen LogP contribution in [0.3, 0.4) is 0 Å². The molecule has 24 heavy (non-hydrogen) atoms. The Balaban J connectivity index is 1.49. The maximum absolute atomic E-state index is 12.7. The summed E-state index contributed by atoms with van der Waals surface area (Å²) >= 11 is 1.05. The van der Waals surface area contributed by atoms with Crippen LogP contribution in [0, 0.1) is 0 Å². The van der Waals surface area contributed by atoms with Gasteiger partial charge in [-0.3, -0.25) is 0 Å². The van der Waals surface area contributed by atoms with Crippen LogP contribution in [0.5, 0.6) is 0 Å². The van der Waals surface area contributed by atoms with E-state index in [0.29, 0.717) is 11.8 Å². The molecule has 0 amide bonds. The molecule has 0 unspecified atom stereocenters. The van der Waals surface area contributed by atoms with E-state index in [4.69, 9.17) is 4.52 Å². The van der Waals surface area contributed by atoms with Crippen molar-refractivity contribution in [1.82, 2.24) is 14.4 Å². The van der Waals surface area contributed by atoms with Gasteiger partial charge in [-0.05, 0) is 24.3 Å². The van der Waals surface area contributed by atoms with E-state index in [-0.39, 0.29) is 28.8 Å². The third kappa shape index (κ3) is 2.54. The third-order valence-corrected chi connectivity index (χ3v) is 7.11. The van der Waals surface area contributed by atoms with Crippen LogP contribution in [-0.2, 0) is 14.8 Å². The number of hydrogen-bond donors (Lipinski definition) is 0. The number of carbonyl (C=O) groups is 1. The van der Waals surface area contributed by atoms with Gasteiger partial charge in [-0.25, -0.2) is 13.2 Å². The van der Waals surface area contributed by atoms with E-state index in [1.165, 1.54) is 17.5 Å². The molecule has 2 aromatic rings. The summed E-state index contributed by atoms with van der Waals surface area (Å²) in [6.45, 7) is 0.538. The predicted molar refractivity (Wildman–Crippen MR) is 83.4 cm³/mol. The predicted octanol–water partition coefficient (Wildman–Crippen LogP) is 1.58. The summed E-state index contributed by atoms with van der Waals surface area (Å²) < 4.78 is 36.5. The summed E-state index contributed by atoms with van der Waals surface area (Å²) in [5.74, 6) is 0.862. The van der Waals surface area contributed by atoms with E-state index in [1.807, 2.05) is 0 Å². The minimum Gasteiger partial charge on any atom is -0.465 e. The Morgan fingerprint density at radius 3 is 2.79 bits per heavy atom. The smallest absolute Gasteiger partial charge is 0.349 e. The summed E-state index contributed by atoms with van der Waals surface area (Å²) in [6.07, 6.45) is 2.16. The molecule has 0 aromatic carbocycles.